The summed E-state index contributed by atoms with van der Waals surface area (Å²) in [5, 5.41) is 0. The maximum Gasteiger partial charge on any atom is 0.410 e. The molecule has 1 aliphatic rings. The molecule has 0 spiro atoms. The van der Waals surface area contributed by atoms with E-state index in [2.05, 4.69) is 0 Å². The third-order valence-corrected chi connectivity index (χ3v) is 3.51. The number of amides is 1. The van der Waals surface area contributed by atoms with Crippen LogP contribution in [0, 0.1) is 0 Å². The number of likely N-dealkylation sites (tertiary alicyclic amines) is 1. The molecular weight excluding hydrogens is 274 g/mol. The lowest BCUT2D eigenvalue weighted by Gasteiger charge is -2.21. The molecule has 0 aromatic heterocycles. The SMILES string of the molecule is COC(=O)[C@H]1C[C@@H](OC)CN1C(=O)OCc1ccccc1. The molecular formula is C15H19NO5. The van der Waals surface area contributed by atoms with E-state index in [0.717, 1.165) is 5.56 Å². The van der Waals surface area contributed by atoms with Gasteiger partial charge in [-0.3, -0.25) is 4.90 Å². The molecule has 1 saturated heterocycles. The summed E-state index contributed by atoms with van der Waals surface area (Å²) in [4.78, 5) is 25.3. The summed E-state index contributed by atoms with van der Waals surface area (Å²) < 4.78 is 15.2. The van der Waals surface area contributed by atoms with Crippen LogP contribution in [-0.2, 0) is 25.6 Å². The lowest BCUT2D eigenvalue weighted by atomic mass is 10.2. The van der Waals surface area contributed by atoms with Crippen LogP contribution in [0.4, 0.5) is 4.79 Å². The third-order valence-electron chi connectivity index (χ3n) is 3.51. The number of carbonyl (C=O) groups excluding carboxylic acids is 2. The predicted octanol–water partition coefficient (Wildman–Crippen LogP) is 1.59. The number of carbonyl (C=O) groups is 2. The molecule has 6 heteroatoms. The van der Waals surface area contributed by atoms with E-state index in [4.69, 9.17) is 14.2 Å². The van der Waals surface area contributed by atoms with Crippen molar-refractivity contribution in [2.75, 3.05) is 20.8 Å². The van der Waals surface area contributed by atoms with Gasteiger partial charge in [0.25, 0.3) is 0 Å². The third kappa shape index (κ3) is 3.72. The van der Waals surface area contributed by atoms with Crippen molar-refractivity contribution in [2.24, 2.45) is 0 Å². The molecule has 6 nitrogen and oxygen atoms in total. The minimum Gasteiger partial charge on any atom is -0.467 e. The molecule has 2 atom stereocenters. The monoisotopic (exact) mass is 293 g/mol. The van der Waals surface area contributed by atoms with Gasteiger partial charge in [-0.2, -0.15) is 0 Å². The first-order valence-corrected chi connectivity index (χ1v) is 6.73. The second-order valence-corrected chi connectivity index (χ2v) is 4.82. The minimum absolute atomic E-state index is 0.168. The first kappa shape index (κ1) is 15.3. The summed E-state index contributed by atoms with van der Waals surface area (Å²) in [6.07, 6.45) is -0.295. The van der Waals surface area contributed by atoms with E-state index in [0.29, 0.717) is 13.0 Å². The Labute approximate surface area is 123 Å². The van der Waals surface area contributed by atoms with Crippen molar-refractivity contribution >= 4 is 12.1 Å². The minimum atomic E-state index is -0.650. The Hall–Kier alpha value is -2.08. The Balaban J connectivity index is 1.97. The number of hydrogen-bond acceptors (Lipinski definition) is 5. The Morgan fingerprint density at radius 1 is 1.24 bits per heavy atom. The van der Waals surface area contributed by atoms with Gasteiger partial charge in [-0.1, -0.05) is 30.3 Å². The van der Waals surface area contributed by atoms with Crippen molar-refractivity contribution in [1.82, 2.24) is 4.90 Å². The highest BCUT2D eigenvalue weighted by molar-refractivity contribution is 5.82. The maximum atomic E-state index is 12.2. The van der Waals surface area contributed by atoms with Crippen LogP contribution in [-0.4, -0.2) is 49.9 Å². The molecule has 0 unspecified atom stereocenters. The van der Waals surface area contributed by atoms with Crippen molar-refractivity contribution < 1.29 is 23.8 Å². The molecule has 0 bridgehead atoms. The molecule has 0 N–H and O–H groups in total. The van der Waals surface area contributed by atoms with Crippen LogP contribution in [0.2, 0.25) is 0 Å². The van der Waals surface area contributed by atoms with Crippen LogP contribution >= 0.6 is 0 Å². The molecule has 1 aliphatic heterocycles. The van der Waals surface area contributed by atoms with Gasteiger partial charge in [0.15, 0.2) is 0 Å². The molecule has 1 aromatic rings. The van der Waals surface area contributed by atoms with Gasteiger partial charge in [-0.25, -0.2) is 9.59 Å². The van der Waals surface area contributed by atoms with Crippen LogP contribution in [0.3, 0.4) is 0 Å². The molecule has 2 rings (SSSR count). The molecule has 1 fully saturated rings. The fraction of sp³-hybridized carbons (Fsp3) is 0.467. The molecule has 1 heterocycles. The highest BCUT2D eigenvalue weighted by Crippen LogP contribution is 2.22. The van der Waals surface area contributed by atoms with Crippen molar-refractivity contribution in [1.29, 1.82) is 0 Å². The standard InChI is InChI=1S/C15H19NO5/c1-19-12-8-13(14(17)20-2)16(9-12)15(18)21-10-11-6-4-3-5-7-11/h3-7,12-13H,8-10H2,1-2H3/t12-,13-/m1/s1. The number of methoxy groups -OCH3 is 2. The summed E-state index contributed by atoms with van der Waals surface area (Å²) in [5.74, 6) is -0.453. The number of rotatable bonds is 4. The largest absolute Gasteiger partial charge is 0.467 e. The number of esters is 1. The predicted molar refractivity (Wildman–Crippen MR) is 74.6 cm³/mol. The highest BCUT2D eigenvalue weighted by atomic mass is 16.6. The Kier molecular flexibility index (Phi) is 5.16. The zero-order valence-electron chi connectivity index (χ0n) is 12.2. The Morgan fingerprint density at radius 2 is 1.95 bits per heavy atom. The van der Waals surface area contributed by atoms with Gasteiger partial charge in [0.1, 0.15) is 12.6 Å². The Bertz CT molecular complexity index is 490. The van der Waals surface area contributed by atoms with Gasteiger partial charge in [0.05, 0.1) is 19.8 Å². The lowest BCUT2D eigenvalue weighted by molar-refractivity contribution is -0.145. The summed E-state index contributed by atoms with van der Waals surface area (Å²) in [6, 6.07) is 8.72. The fourth-order valence-corrected chi connectivity index (χ4v) is 2.33. The zero-order chi connectivity index (χ0) is 15.2. The van der Waals surface area contributed by atoms with E-state index < -0.39 is 18.1 Å². The van der Waals surface area contributed by atoms with Crippen molar-refractivity contribution in [3.8, 4) is 0 Å². The molecule has 0 saturated carbocycles. The average Bonchev–Trinajstić information content (AvgIpc) is 2.97. The van der Waals surface area contributed by atoms with Crippen LogP contribution < -0.4 is 0 Å². The van der Waals surface area contributed by atoms with E-state index in [1.807, 2.05) is 30.3 Å². The van der Waals surface area contributed by atoms with Crippen LogP contribution in [0.25, 0.3) is 0 Å². The van der Waals surface area contributed by atoms with E-state index >= 15 is 0 Å². The molecule has 114 valence electrons. The van der Waals surface area contributed by atoms with E-state index in [1.54, 1.807) is 7.11 Å². The first-order valence-electron chi connectivity index (χ1n) is 6.73. The van der Waals surface area contributed by atoms with Gasteiger partial charge in [0.2, 0.25) is 0 Å². The second-order valence-electron chi connectivity index (χ2n) is 4.82. The first-order chi connectivity index (χ1) is 10.2. The smallest absolute Gasteiger partial charge is 0.410 e. The maximum absolute atomic E-state index is 12.2. The Morgan fingerprint density at radius 3 is 2.57 bits per heavy atom. The second kappa shape index (κ2) is 7.08. The number of ether oxygens (including phenoxy) is 3. The summed E-state index contributed by atoms with van der Waals surface area (Å²) in [5.41, 5.74) is 0.892. The van der Waals surface area contributed by atoms with Crippen LogP contribution in [0.5, 0.6) is 0 Å². The highest BCUT2D eigenvalue weighted by Gasteiger charge is 2.41. The summed E-state index contributed by atoms with van der Waals surface area (Å²) in [7, 11) is 2.85. The van der Waals surface area contributed by atoms with Crippen molar-refractivity contribution in [2.45, 2.75) is 25.2 Å². The molecule has 0 aliphatic carbocycles. The fourth-order valence-electron chi connectivity index (χ4n) is 2.33. The quantitative estimate of drug-likeness (QED) is 0.789. The van der Waals surface area contributed by atoms with Crippen LogP contribution in [0.15, 0.2) is 30.3 Å². The zero-order valence-corrected chi connectivity index (χ0v) is 12.2. The molecule has 1 amide bonds. The number of nitrogens with zero attached hydrogens (tertiary/aromatic N) is 1. The van der Waals surface area contributed by atoms with Gasteiger partial charge >= 0.3 is 12.1 Å². The average molecular weight is 293 g/mol. The van der Waals surface area contributed by atoms with E-state index in [9.17, 15) is 9.59 Å². The van der Waals surface area contributed by atoms with E-state index in [1.165, 1.54) is 12.0 Å². The van der Waals surface area contributed by atoms with Gasteiger partial charge in [0, 0.05) is 13.5 Å². The van der Waals surface area contributed by atoms with Gasteiger partial charge < -0.3 is 14.2 Å². The number of hydrogen-bond donors (Lipinski definition) is 0. The molecule has 0 radical (unpaired) electrons. The van der Waals surface area contributed by atoms with Gasteiger partial charge in [-0.15, -0.1) is 0 Å². The number of benzene rings is 1. The van der Waals surface area contributed by atoms with Gasteiger partial charge in [-0.05, 0) is 5.56 Å². The van der Waals surface area contributed by atoms with Crippen LogP contribution in [0.1, 0.15) is 12.0 Å². The topological polar surface area (TPSA) is 65.1 Å². The summed E-state index contributed by atoms with van der Waals surface area (Å²) >= 11 is 0. The lowest BCUT2D eigenvalue weighted by Crippen LogP contribution is -2.41. The normalized spacial score (nSPS) is 21.1. The summed E-state index contributed by atoms with van der Waals surface area (Å²) in [6.45, 7) is 0.492. The van der Waals surface area contributed by atoms with Crippen molar-refractivity contribution in [3.63, 3.8) is 0 Å². The molecule has 21 heavy (non-hydrogen) atoms. The van der Waals surface area contributed by atoms with E-state index in [-0.39, 0.29) is 12.7 Å². The molecule has 1 aromatic carbocycles. The van der Waals surface area contributed by atoms with Crippen molar-refractivity contribution in [3.05, 3.63) is 35.9 Å².